The van der Waals surface area contributed by atoms with Crippen LogP contribution in [0.2, 0.25) is 0 Å². The Balaban J connectivity index is 2.37. The summed E-state index contributed by atoms with van der Waals surface area (Å²) >= 11 is 0. The molecule has 1 amide bonds. The minimum atomic E-state index is -4.60. The fourth-order valence-corrected chi connectivity index (χ4v) is 2.25. The van der Waals surface area contributed by atoms with E-state index in [0.717, 1.165) is 24.3 Å². The van der Waals surface area contributed by atoms with Gasteiger partial charge in [0.1, 0.15) is 17.1 Å². The summed E-state index contributed by atoms with van der Waals surface area (Å²) in [4.78, 5) is 23.4. The maximum absolute atomic E-state index is 12.9. The molecule has 0 bridgehead atoms. The van der Waals surface area contributed by atoms with E-state index in [1.54, 1.807) is 13.8 Å². The molecule has 0 spiro atoms. The van der Waals surface area contributed by atoms with Gasteiger partial charge in [-0.15, -0.1) is 0 Å². The molecule has 2 aromatic rings. The molecule has 140 valence electrons. The zero-order chi connectivity index (χ0) is 19.5. The minimum Gasteiger partial charge on any atom is -0.492 e. The normalized spacial score (nSPS) is 11.3. The number of furan rings is 1. The molecule has 0 aliphatic carbocycles. The van der Waals surface area contributed by atoms with Crippen molar-refractivity contribution in [1.29, 1.82) is 0 Å². The van der Waals surface area contributed by atoms with E-state index in [4.69, 9.17) is 14.3 Å². The summed E-state index contributed by atoms with van der Waals surface area (Å²) in [6.07, 6.45) is -4.36. The number of ether oxygens (including phenoxy) is 1. The number of halogens is 3. The molecule has 1 aromatic carbocycles. The van der Waals surface area contributed by atoms with Crippen molar-refractivity contribution < 1.29 is 37.0 Å². The van der Waals surface area contributed by atoms with Crippen LogP contribution < -0.4 is 10.1 Å². The van der Waals surface area contributed by atoms with Gasteiger partial charge < -0.3 is 19.6 Å². The number of hydrogen-bond donors (Lipinski definition) is 2. The second-order valence-corrected chi connectivity index (χ2v) is 5.20. The Morgan fingerprint density at radius 3 is 2.42 bits per heavy atom. The number of aryl methyl sites for hydroxylation is 1. The number of anilines is 1. The molecule has 0 unspecified atom stereocenters. The topological polar surface area (TPSA) is 88.8 Å². The summed E-state index contributed by atoms with van der Waals surface area (Å²) in [6, 6.07) is 3.71. The lowest BCUT2D eigenvalue weighted by Gasteiger charge is -2.14. The SMILES string of the molecule is CCOc1ccc(C(F)(F)F)cc1NC(=O)c1cc(C(=O)O)c(CC)o1. The van der Waals surface area contributed by atoms with Gasteiger partial charge in [-0.1, -0.05) is 6.92 Å². The highest BCUT2D eigenvalue weighted by Crippen LogP contribution is 2.35. The van der Waals surface area contributed by atoms with E-state index < -0.39 is 23.6 Å². The summed E-state index contributed by atoms with van der Waals surface area (Å²) in [6.45, 7) is 3.47. The maximum atomic E-state index is 12.9. The molecule has 0 radical (unpaired) electrons. The Labute approximate surface area is 146 Å². The lowest BCUT2D eigenvalue weighted by atomic mass is 10.1. The first kappa shape index (κ1) is 19.4. The van der Waals surface area contributed by atoms with Gasteiger partial charge >= 0.3 is 12.1 Å². The molecule has 0 atom stereocenters. The summed E-state index contributed by atoms with van der Waals surface area (Å²) < 4.78 is 49.1. The average Bonchev–Trinajstić information content (AvgIpc) is 3.00. The number of amides is 1. The summed E-state index contributed by atoms with van der Waals surface area (Å²) in [5.41, 5.74) is -1.33. The standard InChI is InChI=1S/C17H16F3NO5/c1-3-12-10(16(23)24)8-14(26-12)15(22)21-11-7-9(17(18,19)20)5-6-13(11)25-4-2/h5-8H,3-4H2,1-2H3,(H,21,22)(H,23,24). The number of rotatable bonds is 6. The van der Waals surface area contributed by atoms with E-state index in [9.17, 15) is 22.8 Å². The molecule has 0 saturated carbocycles. The van der Waals surface area contributed by atoms with Crippen molar-refractivity contribution in [2.24, 2.45) is 0 Å². The molecule has 0 aliphatic heterocycles. The molecule has 2 rings (SSSR count). The molecular formula is C17H16F3NO5. The molecule has 0 saturated heterocycles. The van der Waals surface area contributed by atoms with Crippen molar-refractivity contribution in [1.82, 2.24) is 0 Å². The molecule has 9 heteroatoms. The molecular weight excluding hydrogens is 355 g/mol. The maximum Gasteiger partial charge on any atom is 0.416 e. The van der Waals surface area contributed by atoms with E-state index in [2.05, 4.69) is 5.32 Å². The third-order valence-electron chi connectivity index (χ3n) is 3.44. The van der Waals surface area contributed by atoms with E-state index in [1.807, 2.05) is 0 Å². The smallest absolute Gasteiger partial charge is 0.416 e. The fraction of sp³-hybridized carbons (Fsp3) is 0.294. The van der Waals surface area contributed by atoms with Crippen LogP contribution in [0.5, 0.6) is 5.75 Å². The third-order valence-corrected chi connectivity index (χ3v) is 3.44. The molecule has 26 heavy (non-hydrogen) atoms. The molecule has 6 nitrogen and oxygen atoms in total. The molecule has 0 fully saturated rings. The predicted octanol–water partition coefficient (Wildman–Crippen LogP) is 4.21. The third kappa shape index (κ3) is 4.16. The number of carbonyl (C=O) groups is 2. The lowest BCUT2D eigenvalue weighted by molar-refractivity contribution is -0.137. The van der Waals surface area contributed by atoms with Crippen molar-refractivity contribution in [3.63, 3.8) is 0 Å². The van der Waals surface area contributed by atoms with Gasteiger partial charge in [-0.25, -0.2) is 4.79 Å². The van der Waals surface area contributed by atoms with Crippen molar-refractivity contribution in [2.75, 3.05) is 11.9 Å². The van der Waals surface area contributed by atoms with Crippen molar-refractivity contribution in [3.05, 3.63) is 46.9 Å². The number of nitrogens with one attached hydrogen (secondary N) is 1. The minimum absolute atomic E-state index is 0.0505. The van der Waals surface area contributed by atoms with Gasteiger partial charge in [0, 0.05) is 12.5 Å². The number of carboxylic acids is 1. The molecule has 0 aliphatic rings. The van der Waals surface area contributed by atoms with Gasteiger partial charge in [-0.2, -0.15) is 13.2 Å². The summed E-state index contributed by atoms with van der Waals surface area (Å²) in [5.74, 6) is -2.32. The van der Waals surface area contributed by atoms with Gasteiger partial charge in [0.25, 0.3) is 5.91 Å². The van der Waals surface area contributed by atoms with E-state index in [0.29, 0.717) is 0 Å². The zero-order valence-electron chi connectivity index (χ0n) is 13.9. The molecule has 1 heterocycles. The summed E-state index contributed by atoms with van der Waals surface area (Å²) in [5, 5.41) is 11.4. The van der Waals surface area contributed by atoms with Crippen LogP contribution in [-0.4, -0.2) is 23.6 Å². The van der Waals surface area contributed by atoms with Crippen LogP contribution in [0.25, 0.3) is 0 Å². The molecule has 2 N–H and O–H groups in total. The quantitative estimate of drug-likeness (QED) is 0.794. The number of alkyl halides is 3. The Hall–Kier alpha value is -2.97. The number of benzene rings is 1. The Morgan fingerprint density at radius 2 is 1.92 bits per heavy atom. The fourth-order valence-electron chi connectivity index (χ4n) is 2.25. The predicted molar refractivity (Wildman–Crippen MR) is 85.6 cm³/mol. The second-order valence-electron chi connectivity index (χ2n) is 5.20. The Morgan fingerprint density at radius 1 is 1.23 bits per heavy atom. The highest BCUT2D eigenvalue weighted by atomic mass is 19.4. The number of carbonyl (C=O) groups excluding carboxylic acids is 1. The van der Waals surface area contributed by atoms with Crippen LogP contribution in [-0.2, 0) is 12.6 Å². The second kappa shape index (κ2) is 7.51. The van der Waals surface area contributed by atoms with Gasteiger partial charge in [0.15, 0.2) is 5.76 Å². The highest BCUT2D eigenvalue weighted by molar-refractivity contribution is 6.04. The van der Waals surface area contributed by atoms with Crippen molar-refractivity contribution in [2.45, 2.75) is 26.4 Å². The first-order valence-electron chi connectivity index (χ1n) is 7.68. The van der Waals surface area contributed by atoms with Crippen LogP contribution in [0.1, 0.15) is 46.1 Å². The highest BCUT2D eigenvalue weighted by Gasteiger charge is 2.31. The van der Waals surface area contributed by atoms with Gasteiger partial charge in [-0.3, -0.25) is 4.79 Å². The number of hydrogen-bond acceptors (Lipinski definition) is 4. The summed E-state index contributed by atoms with van der Waals surface area (Å²) in [7, 11) is 0. The largest absolute Gasteiger partial charge is 0.492 e. The number of aromatic carboxylic acids is 1. The van der Waals surface area contributed by atoms with Gasteiger partial charge in [0.05, 0.1) is 17.9 Å². The Bertz CT molecular complexity index is 826. The zero-order valence-corrected chi connectivity index (χ0v) is 13.9. The van der Waals surface area contributed by atoms with E-state index >= 15 is 0 Å². The average molecular weight is 371 g/mol. The number of carboxylic acid groups (broad SMARTS) is 1. The van der Waals surface area contributed by atoms with Crippen LogP contribution >= 0.6 is 0 Å². The first-order chi connectivity index (χ1) is 12.2. The first-order valence-corrected chi connectivity index (χ1v) is 7.68. The van der Waals surface area contributed by atoms with Crippen LogP contribution in [0.3, 0.4) is 0 Å². The van der Waals surface area contributed by atoms with Gasteiger partial charge in [-0.05, 0) is 25.1 Å². The van der Waals surface area contributed by atoms with Crippen LogP contribution in [0.4, 0.5) is 18.9 Å². The van der Waals surface area contributed by atoms with Crippen LogP contribution in [0.15, 0.2) is 28.7 Å². The van der Waals surface area contributed by atoms with Gasteiger partial charge in [0.2, 0.25) is 0 Å². The van der Waals surface area contributed by atoms with Crippen molar-refractivity contribution in [3.8, 4) is 5.75 Å². The molecule has 1 aromatic heterocycles. The van der Waals surface area contributed by atoms with Crippen molar-refractivity contribution >= 4 is 17.6 Å². The van der Waals surface area contributed by atoms with E-state index in [-0.39, 0.29) is 41.5 Å². The lowest BCUT2D eigenvalue weighted by Crippen LogP contribution is -2.14. The monoisotopic (exact) mass is 371 g/mol. The van der Waals surface area contributed by atoms with Crippen LogP contribution in [0, 0.1) is 0 Å². The van der Waals surface area contributed by atoms with E-state index in [1.165, 1.54) is 0 Å². The Kier molecular flexibility index (Phi) is 5.59.